The van der Waals surface area contributed by atoms with Crippen LogP contribution in [0.25, 0.3) is 0 Å². The van der Waals surface area contributed by atoms with E-state index in [0.29, 0.717) is 11.3 Å². The average Bonchev–Trinajstić information content (AvgIpc) is 2.39. The Balaban J connectivity index is 1.97. The molecule has 1 amide bonds. The minimum Gasteiger partial charge on any atom is -0.466 e. The molecule has 0 aromatic heterocycles. The summed E-state index contributed by atoms with van der Waals surface area (Å²) in [5.74, 6) is 0.533. The molecule has 1 heterocycles. The molecular weight excluding hydrogens is 341 g/mol. The van der Waals surface area contributed by atoms with Crippen LogP contribution < -0.4 is 10.1 Å². The maximum absolute atomic E-state index is 12.0. The predicted molar refractivity (Wildman–Crippen MR) is 76.4 cm³/mol. The number of hydrogen-bond donors (Lipinski definition) is 1. The molecule has 0 saturated carbocycles. The number of ether oxygens (including phenoxy) is 1. The average molecular weight is 351 g/mol. The van der Waals surface area contributed by atoms with Gasteiger partial charge in [0.2, 0.25) is 0 Å². The predicted octanol–water partition coefficient (Wildman–Crippen LogP) is 3.11. The van der Waals surface area contributed by atoms with E-state index in [4.69, 9.17) is 4.74 Å². The number of para-hydroxylation sites is 1. The van der Waals surface area contributed by atoms with Crippen LogP contribution in [0.2, 0.25) is 0 Å². The van der Waals surface area contributed by atoms with Crippen molar-refractivity contribution in [1.82, 2.24) is 5.32 Å². The second-order valence-electron chi connectivity index (χ2n) is 4.02. The second-order valence-corrected chi connectivity index (χ2v) is 5.27. The van der Waals surface area contributed by atoms with Crippen molar-refractivity contribution in [3.8, 4) is 5.75 Å². The Labute approximate surface area is 118 Å². The molecule has 1 N–H and O–H groups in total. The monoisotopic (exact) mass is 351 g/mol. The number of hydrogen-bond acceptors (Lipinski definition) is 2. The van der Waals surface area contributed by atoms with Crippen molar-refractivity contribution in [2.75, 3.05) is 0 Å². The van der Waals surface area contributed by atoms with E-state index in [0.717, 1.165) is 9.13 Å². The van der Waals surface area contributed by atoms with Crippen molar-refractivity contribution in [1.29, 1.82) is 0 Å². The Morgan fingerprint density at radius 3 is 2.78 bits per heavy atom. The summed E-state index contributed by atoms with van der Waals surface area (Å²) in [5, 5.41) is 2.85. The summed E-state index contributed by atoms with van der Waals surface area (Å²) in [7, 11) is 0. The zero-order valence-electron chi connectivity index (χ0n) is 9.39. The van der Waals surface area contributed by atoms with Gasteiger partial charge in [0, 0.05) is 9.13 Å². The number of carbonyl (C=O) groups is 1. The van der Waals surface area contributed by atoms with Crippen molar-refractivity contribution in [2.45, 2.75) is 6.23 Å². The maximum Gasteiger partial charge on any atom is 0.258 e. The van der Waals surface area contributed by atoms with Crippen LogP contribution >= 0.6 is 22.6 Å². The highest BCUT2D eigenvalue weighted by atomic mass is 127. The SMILES string of the molecule is O=C1NC(c2cccc(I)c2)Oc2ccccc21. The zero-order chi connectivity index (χ0) is 12.5. The smallest absolute Gasteiger partial charge is 0.258 e. The van der Waals surface area contributed by atoms with Crippen molar-refractivity contribution >= 4 is 28.5 Å². The molecule has 4 heteroatoms. The largest absolute Gasteiger partial charge is 0.466 e. The zero-order valence-corrected chi connectivity index (χ0v) is 11.5. The van der Waals surface area contributed by atoms with E-state index in [1.165, 1.54) is 0 Å². The third-order valence-electron chi connectivity index (χ3n) is 2.79. The lowest BCUT2D eigenvalue weighted by atomic mass is 10.1. The maximum atomic E-state index is 12.0. The molecule has 3 rings (SSSR count). The van der Waals surface area contributed by atoms with Crippen LogP contribution in [-0.4, -0.2) is 5.91 Å². The van der Waals surface area contributed by atoms with Gasteiger partial charge < -0.3 is 10.1 Å². The van der Waals surface area contributed by atoms with E-state index < -0.39 is 6.23 Å². The first-order valence-electron chi connectivity index (χ1n) is 5.56. The first-order chi connectivity index (χ1) is 8.74. The third kappa shape index (κ3) is 2.08. The third-order valence-corrected chi connectivity index (χ3v) is 3.46. The molecule has 2 aromatic carbocycles. The van der Waals surface area contributed by atoms with Crippen LogP contribution in [0.4, 0.5) is 0 Å². The van der Waals surface area contributed by atoms with Crippen molar-refractivity contribution in [3.63, 3.8) is 0 Å². The first kappa shape index (κ1) is 11.5. The number of fused-ring (bicyclic) bond motifs is 1. The highest BCUT2D eigenvalue weighted by Gasteiger charge is 2.25. The number of benzene rings is 2. The molecule has 0 fully saturated rings. The minimum atomic E-state index is -0.415. The van der Waals surface area contributed by atoms with Crippen molar-refractivity contribution in [3.05, 3.63) is 63.2 Å². The molecule has 90 valence electrons. The topological polar surface area (TPSA) is 38.3 Å². The number of halogens is 1. The molecular formula is C14H10INO2. The molecule has 0 radical (unpaired) electrons. The van der Waals surface area contributed by atoms with Gasteiger partial charge in [0.1, 0.15) is 5.75 Å². The van der Waals surface area contributed by atoms with Gasteiger partial charge in [0.05, 0.1) is 5.56 Å². The van der Waals surface area contributed by atoms with Crippen molar-refractivity contribution < 1.29 is 9.53 Å². The van der Waals surface area contributed by atoms with Crippen LogP contribution in [-0.2, 0) is 0 Å². The van der Waals surface area contributed by atoms with Gasteiger partial charge in [0.15, 0.2) is 6.23 Å². The highest BCUT2D eigenvalue weighted by molar-refractivity contribution is 14.1. The summed E-state index contributed by atoms with van der Waals surface area (Å²) in [6, 6.07) is 15.2. The molecule has 0 saturated heterocycles. The van der Waals surface area contributed by atoms with E-state index in [1.807, 2.05) is 42.5 Å². The van der Waals surface area contributed by atoms with Gasteiger partial charge in [-0.15, -0.1) is 0 Å². The first-order valence-corrected chi connectivity index (χ1v) is 6.64. The fraction of sp³-hybridized carbons (Fsp3) is 0.0714. The summed E-state index contributed by atoms with van der Waals surface area (Å²) in [5.41, 5.74) is 1.53. The quantitative estimate of drug-likeness (QED) is 0.802. The van der Waals surface area contributed by atoms with Crippen LogP contribution in [0, 0.1) is 3.57 Å². The standard InChI is InChI=1S/C14H10INO2/c15-10-5-3-4-9(8-10)14-16-13(17)11-6-1-2-7-12(11)18-14/h1-8,14H,(H,16,17). The van der Waals surface area contributed by atoms with Crippen LogP contribution in [0.5, 0.6) is 5.75 Å². The molecule has 1 aliphatic heterocycles. The van der Waals surface area contributed by atoms with Crippen LogP contribution in [0.3, 0.4) is 0 Å². The Morgan fingerprint density at radius 1 is 1.11 bits per heavy atom. The number of amides is 1. The summed E-state index contributed by atoms with van der Waals surface area (Å²) in [6.45, 7) is 0. The second kappa shape index (κ2) is 4.61. The minimum absolute atomic E-state index is 0.0966. The van der Waals surface area contributed by atoms with E-state index >= 15 is 0 Å². The number of rotatable bonds is 1. The van der Waals surface area contributed by atoms with Crippen LogP contribution in [0.1, 0.15) is 22.1 Å². The molecule has 0 spiro atoms. The van der Waals surface area contributed by atoms with Gasteiger partial charge in [-0.1, -0.05) is 24.3 Å². The van der Waals surface area contributed by atoms with E-state index in [1.54, 1.807) is 6.07 Å². The molecule has 1 unspecified atom stereocenters. The Hall–Kier alpha value is -1.56. The lowest BCUT2D eigenvalue weighted by Crippen LogP contribution is -2.36. The molecule has 18 heavy (non-hydrogen) atoms. The summed E-state index contributed by atoms with van der Waals surface area (Å²) in [6.07, 6.45) is -0.415. The van der Waals surface area contributed by atoms with Crippen LogP contribution in [0.15, 0.2) is 48.5 Å². The summed E-state index contributed by atoms with van der Waals surface area (Å²) in [4.78, 5) is 12.0. The van der Waals surface area contributed by atoms with Crippen molar-refractivity contribution in [2.24, 2.45) is 0 Å². The lowest BCUT2D eigenvalue weighted by Gasteiger charge is -2.27. The van der Waals surface area contributed by atoms with E-state index in [2.05, 4.69) is 27.9 Å². The van der Waals surface area contributed by atoms with Gasteiger partial charge >= 0.3 is 0 Å². The molecule has 0 bridgehead atoms. The highest BCUT2D eigenvalue weighted by Crippen LogP contribution is 2.29. The molecule has 3 nitrogen and oxygen atoms in total. The van der Waals surface area contributed by atoms with E-state index in [9.17, 15) is 4.79 Å². The van der Waals surface area contributed by atoms with Gasteiger partial charge in [0.25, 0.3) is 5.91 Å². The molecule has 2 aromatic rings. The molecule has 1 atom stereocenters. The Morgan fingerprint density at radius 2 is 1.94 bits per heavy atom. The Kier molecular flexibility index (Phi) is 2.95. The number of nitrogens with one attached hydrogen (secondary N) is 1. The van der Waals surface area contributed by atoms with E-state index in [-0.39, 0.29) is 5.91 Å². The fourth-order valence-corrected chi connectivity index (χ4v) is 2.50. The van der Waals surface area contributed by atoms with Gasteiger partial charge in [-0.3, -0.25) is 4.79 Å². The summed E-state index contributed by atoms with van der Waals surface area (Å²) >= 11 is 2.24. The normalized spacial score (nSPS) is 17.6. The lowest BCUT2D eigenvalue weighted by molar-refractivity contribution is 0.0756. The van der Waals surface area contributed by atoms with Gasteiger partial charge in [-0.2, -0.15) is 0 Å². The fourth-order valence-electron chi connectivity index (χ4n) is 1.93. The summed E-state index contributed by atoms with van der Waals surface area (Å²) < 4.78 is 6.92. The van der Waals surface area contributed by atoms with Gasteiger partial charge in [-0.25, -0.2) is 0 Å². The molecule has 1 aliphatic rings. The Bertz CT molecular complexity index is 612. The molecule has 0 aliphatic carbocycles. The van der Waals surface area contributed by atoms with Gasteiger partial charge in [-0.05, 0) is 46.9 Å². The number of carbonyl (C=O) groups excluding carboxylic acids is 1.